The lowest BCUT2D eigenvalue weighted by molar-refractivity contribution is 0.112. The van der Waals surface area contributed by atoms with Crippen LogP contribution in [0.1, 0.15) is 15.9 Å². The molecule has 0 radical (unpaired) electrons. The Labute approximate surface area is 117 Å². The first-order valence-corrected chi connectivity index (χ1v) is 6.45. The second-order valence-corrected chi connectivity index (χ2v) is 4.81. The van der Waals surface area contributed by atoms with Crippen LogP contribution in [0.4, 0.5) is 0 Å². The first-order valence-electron chi connectivity index (χ1n) is 6.45. The van der Waals surface area contributed by atoms with E-state index < -0.39 is 0 Å². The van der Waals surface area contributed by atoms with Crippen molar-refractivity contribution < 1.29 is 9.53 Å². The van der Waals surface area contributed by atoms with E-state index in [1.165, 1.54) is 5.56 Å². The molecule has 1 aromatic heterocycles. The van der Waals surface area contributed by atoms with Gasteiger partial charge in [-0.25, -0.2) is 0 Å². The molecule has 0 bridgehead atoms. The summed E-state index contributed by atoms with van der Waals surface area (Å²) in [6.45, 7) is 2.04. The Bertz CT molecular complexity index is 770. The lowest BCUT2D eigenvalue weighted by Gasteiger charge is -2.00. The highest BCUT2D eigenvalue weighted by Gasteiger charge is 2.12. The van der Waals surface area contributed by atoms with Gasteiger partial charge in [0.05, 0.1) is 18.3 Å². The van der Waals surface area contributed by atoms with Gasteiger partial charge in [-0.2, -0.15) is 0 Å². The van der Waals surface area contributed by atoms with Crippen molar-refractivity contribution in [1.29, 1.82) is 0 Å². The smallest absolute Gasteiger partial charge is 0.152 e. The maximum Gasteiger partial charge on any atom is 0.152 e. The number of aromatic nitrogens is 1. The summed E-state index contributed by atoms with van der Waals surface area (Å²) < 4.78 is 5.22. The van der Waals surface area contributed by atoms with Crippen molar-refractivity contribution in [1.82, 2.24) is 4.98 Å². The van der Waals surface area contributed by atoms with E-state index in [0.717, 1.165) is 34.2 Å². The SMILES string of the molecule is COc1ccc2c(C=O)c(-c3ccc(C)cc3)[nH]c2c1. The van der Waals surface area contributed by atoms with Crippen LogP contribution in [-0.2, 0) is 0 Å². The van der Waals surface area contributed by atoms with E-state index in [1.54, 1.807) is 7.11 Å². The van der Waals surface area contributed by atoms with Gasteiger partial charge in [-0.3, -0.25) is 4.79 Å². The predicted octanol–water partition coefficient (Wildman–Crippen LogP) is 3.96. The number of carbonyl (C=O) groups excluding carboxylic acids is 1. The fourth-order valence-electron chi connectivity index (χ4n) is 2.40. The average Bonchev–Trinajstić information content (AvgIpc) is 2.85. The minimum Gasteiger partial charge on any atom is -0.497 e. The fraction of sp³-hybridized carbons (Fsp3) is 0.118. The zero-order chi connectivity index (χ0) is 14.1. The van der Waals surface area contributed by atoms with Crippen LogP contribution in [0, 0.1) is 6.92 Å². The van der Waals surface area contributed by atoms with Crippen LogP contribution >= 0.6 is 0 Å². The third-order valence-corrected chi connectivity index (χ3v) is 3.50. The van der Waals surface area contributed by atoms with Crippen LogP contribution in [0.5, 0.6) is 5.75 Å². The Hall–Kier alpha value is -2.55. The second-order valence-electron chi connectivity index (χ2n) is 4.81. The third-order valence-electron chi connectivity index (χ3n) is 3.50. The molecule has 3 nitrogen and oxygen atoms in total. The number of rotatable bonds is 3. The van der Waals surface area contributed by atoms with Gasteiger partial charge in [0.15, 0.2) is 6.29 Å². The number of hydrogen-bond donors (Lipinski definition) is 1. The Morgan fingerprint density at radius 3 is 2.50 bits per heavy atom. The molecule has 1 heterocycles. The zero-order valence-electron chi connectivity index (χ0n) is 11.4. The maximum atomic E-state index is 11.4. The number of benzene rings is 2. The van der Waals surface area contributed by atoms with E-state index in [2.05, 4.69) is 4.98 Å². The topological polar surface area (TPSA) is 42.1 Å². The van der Waals surface area contributed by atoms with Crippen LogP contribution in [0.15, 0.2) is 42.5 Å². The number of carbonyl (C=O) groups is 1. The van der Waals surface area contributed by atoms with Gasteiger partial charge in [-0.15, -0.1) is 0 Å². The molecule has 0 aliphatic heterocycles. The molecule has 0 spiro atoms. The summed E-state index contributed by atoms with van der Waals surface area (Å²) in [5, 5.41) is 0.913. The van der Waals surface area contributed by atoms with E-state index in [9.17, 15) is 4.79 Å². The average molecular weight is 265 g/mol. The van der Waals surface area contributed by atoms with Crippen molar-refractivity contribution in [2.45, 2.75) is 6.92 Å². The summed E-state index contributed by atoms with van der Waals surface area (Å²) >= 11 is 0. The first kappa shape index (κ1) is 12.5. The molecular weight excluding hydrogens is 250 g/mol. The highest BCUT2D eigenvalue weighted by molar-refractivity contribution is 6.04. The number of H-pyrrole nitrogens is 1. The standard InChI is InChI=1S/C17H15NO2/c1-11-3-5-12(6-4-11)17-15(10-19)14-8-7-13(20-2)9-16(14)18-17/h3-10,18H,1-2H3. The molecule has 0 saturated heterocycles. The van der Waals surface area contributed by atoms with Crippen LogP contribution in [0.25, 0.3) is 22.2 Å². The molecule has 0 amide bonds. The molecule has 20 heavy (non-hydrogen) atoms. The molecule has 100 valence electrons. The van der Waals surface area contributed by atoms with Crippen LogP contribution in [0.2, 0.25) is 0 Å². The molecule has 0 atom stereocenters. The van der Waals surface area contributed by atoms with Gasteiger partial charge in [0.2, 0.25) is 0 Å². The number of fused-ring (bicyclic) bond motifs is 1. The van der Waals surface area contributed by atoms with E-state index in [-0.39, 0.29) is 0 Å². The van der Waals surface area contributed by atoms with E-state index >= 15 is 0 Å². The van der Waals surface area contributed by atoms with Crippen LogP contribution in [0.3, 0.4) is 0 Å². The van der Waals surface area contributed by atoms with E-state index in [0.29, 0.717) is 5.56 Å². The molecule has 1 N–H and O–H groups in total. The fourth-order valence-corrected chi connectivity index (χ4v) is 2.40. The molecule has 3 rings (SSSR count). The third kappa shape index (κ3) is 1.97. The molecule has 0 saturated carbocycles. The van der Waals surface area contributed by atoms with Gasteiger partial charge < -0.3 is 9.72 Å². The molecule has 2 aromatic carbocycles. The van der Waals surface area contributed by atoms with Gasteiger partial charge in [0.1, 0.15) is 5.75 Å². The molecular formula is C17H15NO2. The van der Waals surface area contributed by atoms with Gasteiger partial charge in [-0.05, 0) is 24.6 Å². The minimum absolute atomic E-state index is 0.687. The number of aromatic amines is 1. The first-order chi connectivity index (χ1) is 9.72. The summed E-state index contributed by atoms with van der Waals surface area (Å²) in [4.78, 5) is 14.8. The van der Waals surface area contributed by atoms with Crippen molar-refractivity contribution in [2.75, 3.05) is 7.11 Å². The van der Waals surface area contributed by atoms with Crippen molar-refractivity contribution in [3.05, 3.63) is 53.6 Å². The summed E-state index contributed by atoms with van der Waals surface area (Å²) in [7, 11) is 1.63. The Morgan fingerprint density at radius 1 is 1.10 bits per heavy atom. The van der Waals surface area contributed by atoms with Crippen LogP contribution in [-0.4, -0.2) is 18.4 Å². The van der Waals surface area contributed by atoms with Crippen molar-refractivity contribution in [3.63, 3.8) is 0 Å². The van der Waals surface area contributed by atoms with Crippen molar-refractivity contribution in [2.24, 2.45) is 0 Å². The van der Waals surface area contributed by atoms with E-state index in [4.69, 9.17) is 4.74 Å². The molecule has 0 aliphatic rings. The normalized spacial score (nSPS) is 10.7. The van der Waals surface area contributed by atoms with Gasteiger partial charge in [-0.1, -0.05) is 29.8 Å². The molecule has 3 heteroatoms. The second kappa shape index (κ2) is 4.85. The molecule has 0 unspecified atom stereocenters. The van der Waals surface area contributed by atoms with Crippen LogP contribution < -0.4 is 4.74 Å². The van der Waals surface area contributed by atoms with Gasteiger partial charge in [0.25, 0.3) is 0 Å². The number of methoxy groups -OCH3 is 1. The quantitative estimate of drug-likeness (QED) is 0.728. The van der Waals surface area contributed by atoms with E-state index in [1.807, 2.05) is 49.4 Å². The Balaban J connectivity index is 2.24. The summed E-state index contributed by atoms with van der Waals surface area (Å²) in [5.41, 5.74) is 4.64. The maximum absolute atomic E-state index is 11.4. The number of ether oxygens (including phenoxy) is 1. The lowest BCUT2D eigenvalue weighted by atomic mass is 10.0. The van der Waals surface area contributed by atoms with Gasteiger partial charge in [0, 0.05) is 17.0 Å². The molecule has 0 aliphatic carbocycles. The molecule has 3 aromatic rings. The zero-order valence-corrected chi connectivity index (χ0v) is 11.4. The number of nitrogens with one attached hydrogen (secondary N) is 1. The van der Waals surface area contributed by atoms with Crippen molar-refractivity contribution >= 4 is 17.2 Å². The number of aryl methyl sites for hydroxylation is 1. The van der Waals surface area contributed by atoms with Crippen molar-refractivity contribution in [3.8, 4) is 17.0 Å². The summed E-state index contributed by atoms with van der Waals surface area (Å²) in [6, 6.07) is 13.8. The predicted molar refractivity (Wildman–Crippen MR) is 80.4 cm³/mol. The molecule has 0 fully saturated rings. The lowest BCUT2D eigenvalue weighted by Crippen LogP contribution is -1.84. The monoisotopic (exact) mass is 265 g/mol. The minimum atomic E-state index is 0.687. The summed E-state index contributed by atoms with van der Waals surface area (Å²) in [5.74, 6) is 0.770. The highest BCUT2D eigenvalue weighted by Crippen LogP contribution is 2.31. The Kier molecular flexibility index (Phi) is 3.03. The number of hydrogen-bond acceptors (Lipinski definition) is 2. The Morgan fingerprint density at radius 2 is 1.85 bits per heavy atom. The number of aldehydes is 1. The summed E-state index contributed by atoms with van der Waals surface area (Å²) in [6.07, 6.45) is 0.903. The highest BCUT2D eigenvalue weighted by atomic mass is 16.5. The van der Waals surface area contributed by atoms with Gasteiger partial charge >= 0.3 is 0 Å². The largest absolute Gasteiger partial charge is 0.497 e.